The number of anilines is 1. The van der Waals surface area contributed by atoms with Crippen molar-refractivity contribution in [3.05, 3.63) is 36.4 Å². The SMILES string of the molecule is O=C1[C@@H]2[C@H](C(=O)N1CNc1ccc(O)cc1)[C@@H]1C=C[C@@H]2C1. The number of fused-ring (bicyclic) bond motifs is 5. The molecule has 1 heterocycles. The number of imide groups is 1. The number of carbonyl (C=O) groups excluding carboxylic acids is 2. The monoisotopic (exact) mass is 284 g/mol. The molecule has 0 spiro atoms. The summed E-state index contributed by atoms with van der Waals surface area (Å²) in [6, 6.07) is 6.56. The molecule has 1 aliphatic heterocycles. The number of carbonyl (C=O) groups is 2. The molecule has 2 bridgehead atoms. The number of phenolic OH excluding ortho intramolecular Hbond substituents is 1. The van der Waals surface area contributed by atoms with Crippen LogP contribution >= 0.6 is 0 Å². The molecule has 2 aliphatic carbocycles. The fraction of sp³-hybridized carbons (Fsp3) is 0.375. The van der Waals surface area contributed by atoms with Gasteiger partial charge in [0.2, 0.25) is 11.8 Å². The standard InChI is InChI=1S/C16H16N2O3/c19-12-5-3-11(4-6-12)17-8-18-15(20)13-9-1-2-10(7-9)14(13)16(18)21/h1-6,9-10,13-14,17,19H,7-8H2/t9-,10-,13-,14+/m1/s1. The van der Waals surface area contributed by atoms with Gasteiger partial charge < -0.3 is 10.4 Å². The van der Waals surface area contributed by atoms with Crippen LogP contribution in [0.1, 0.15) is 6.42 Å². The van der Waals surface area contributed by atoms with Gasteiger partial charge >= 0.3 is 0 Å². The number of likely N-dealkylation sites (tertiary alicyclic amines) is 1. The molecule has 1 saturated heterocycles. The lowest BCUT2D eigenvalue weighted by Crippen LogP contribution is -2.37. The Balaban J connectivity index is 1.48. The lowest BCUT2D eigenvalue weighted by molar-refractivity contribution is -0.140. The third-order valence-electron chi connectivity index (χ3n) is 4.87. The van der Waals surface area contributed by atoms with Gasteiger partial charge in [0.15, 0.2) is 0 Å². The Morgan fingerprint density at radius 1 is 1.05 bits per heavy atom. The highest BCUT2D eigenvalue weighted by Crippen LogP contribution is 2.52. The minimum Gasteiger partial charge on any atom is -0.508 e. The number of amides is 2. The van der Waals surface area contributed by atoms with Gasteiger partial charge in [0.1, 0.15) is 5.75 Å². The fourth-order valence-electron chi connectivity index (χ4n) is 3.87. The van der Waals surface area contributed by atoms with Crippen LogP contribution in [0.3, 0.4) is 0 Å². The van der Waals surface area contributed by atoms with Crippen LogP contribution in [0.25, 0.3) is 0 Å². The minimum atomic E-state index is -0.144. The first-order valence-electron chi connectivity index (χ1n) is 7.21. The molecule has 3 aliphatic rings. The van der Waals surface area contributed by atoms with Crippen LogP contribution in [0, 0.1) is 23.7 Å². The lowest BCUT2D eigenvalue weighted by Gasteiger charge is -2.18. The van der Waals surface area contributed by atoms with Crippen LogP contribution in [-0.2, 0) is 9.59 Å². The van der Waals surface area contributed by atoms with Crippen molar-refractivity contribution in [3.63, 3.8) is 0 Å². The number of hydrogen-bond donors (Lipinski definition) is 2. The van der Waals surface area contributed by atoms with E-state index in [0.717, 1.165) is 12.1 Å². The number of benzene rings is 1. The summed E-state index contributed by atoms with van der Waals surface area (Å²) < 4.78 is 0. The van der Waals surface area contributed by atoms with Gasteiger partial charge in [0.25, 0.3) is 0 Å². The zero-order valence-electron chi connectivity index (χ0n) is 11.4. The number of allylic oxidation sites excluding steroid dienone is 2. The number of phenols is 1. The van der Waals surface area contributed by atoms with E-state index in [9.17, 15) is 14.7 Å². The molecular formula is C16H16N2O3. The van der Waals surface area contributed by atoms with E-state index in [4.69, 9.17) is 0 Å². The van der Waals surface area contributed by atoms with Gasteiger partial charge in [-0.1, -0.05) is 12.2 Å². The summed E-state index contributed by atoms with van der Waals surface area (Å²) in [5.41, 5.74) is 0.770. The first kappa shape index (κ1) is 12.4. The average molecular weight is 284 g/mol. The average Bonchev–Trinajstić information content (AvgIpc) is 3.14. The zero-order chi connectivity index (χ0) is 14.6. The Labute approximate surface area is 122 Å². The van der Waals surface area contributed by atoms with Crippen LogP contribution in [0.2, 0.25) is 0 Å². The maximum atomic E-state index is 12.5. The highest BCUT2D eigenvalue weighted by Gasteiger charge is 2.59. The normalized spacial score (nSPS) is 32.9. The summed E-state index contributed by atoms with van der Waals surface area (Å²) in [4.78, 5) is 26.2. The Kier molecular flexibility index (Phi) is 2.58. The van der Waals surface area contributed by atoms with Gasteiger partial charge in [0, 0.05) is 5.69 Å². The summed E-state index contributed by atoms with van der Waals surface area (Å²) in [5, 5.41) is 12.3. The number of aromatic hydroxyl groups is 1. The third kappa shape index (κ3) is 1.77. The molecule has 2 fully saturated rings. The number of rotatable bonds is 3. The van der Waals surface area contributed by atoms with Gasteiger partial charge in [0.05, 0.1) is 18.5 Å². The van der Waals surface area contributed by atoms with Crippen molar-refractivity contribution >= 4 is 17.5 Å². The van der Waals surface area contributed by atoms with Crippen molar-refractivity contribution < 1.29 is 14.7 Å². The van der Waals surface area contributed by atoms with Gasteiger partial charge in [-0.2, -0.15) is 0 Å². The van der Waals surface area contributed by atoms with Crippen LogP contribution in [-0.4, -0.2) is 28.5 Å². The molecule has 108 valence electrons. The number of nitrogens with zero attached hydrogens (tertiary/aromatic N) is 1. The summed E-state index contributed by atoms with van der Waals surface area (Å²) >= 11 is 0. The van der Waals surface area contributed by atoms with Crippen molar-refractivity contribution in [2.45, 2.75) is 6.42 Å². The molecule has 1 saturated carbocycles. The molecule has 0 aromatic heterocycles. The van der Waals surface area contributed by atoms with Gasteiger partial charge in [-0.15, -0.1) is 0 Å². The van der Waals surface area contributed by atoms with Crippen molar-refractivity contribution in [2.75, 3.05) is 12.0 Å². The zero-order valence-corrected chi connectivity index (χ0v) is 11.4. The van der Waals surface area contributed by atoms with Gasteiger partial charge in [-0.3, -0.25) is 14.5 Å². The molecule has 2 N–H and O–H groups in total. The van der Waals surface area contributed by atoms with Crippen molar-refractivity contribution in [3.8, 4) is 5.75 Å². The molecule has 1 aromatic rings. The molecule has 5 heteroatoms. The quantitative estimate of drug-likeness (QED) is 0.502. The summed E-state index contributed by atoms with van der Waals surface area (Å²) in [7, 11) is 0. The van der Waals surface area contributed by atoms with Gasteiger partial charge in [-0.25, -0.2) is 0 Å². The topological polar surface area (TPSA) is 69.6 Å². The van der Waals surface area contributed by atoms with E-state index in [1.54, 1.807) is 24.3 Å². The second-order valence-electron chi connectivity index (χ2n) is 5.99. The molecule has 4 atom stereocenters. The van der Waals surface area contributed by atoms with E-state index in [2.05, 4.69) is 17.5 Å². The molecule has 21 heavy (non-hydrogen) atoms. The highest BCUT2D eigenvalue weighted by molar-refractivity contribution is 6.06. The Morgan fingerprint density at radius 2 is 1.62 bits per heavy atom. The molecular weight excluding hydrogens is 268 g/mol. The van der Waals surface area contributed by atoms with E-state index in [1.165, 1.54) is 4.90 Å². The van der Waals surface area contributed by atoms with Crippen LogP contribution in [0.4, 0.5) is 5.69 Å². The number of nitrogens with one attached hydrogen (secondary N) is 1. The first-order chi connectivity index (χ1) is 10.1. The lowest BCUT2D eigenvalue weighted by atomic mass is 9.85. The maximum Gasteiger partial charge on any atom is 0.235 e. The maximum absolute atomic E-state index is 12.5. The van der Waals surface area contributed by atoms with Crippen molar-refractivity contribution in [1.82, 2.24) is 4.90 Å². The Morgan fingerprint density at radius 3 is 2.19 bits per heavy atom. The van der Waals surface area contributed by atoms with Crippen LogP contribution in [0.15, 0.2) is 36.4 Å². The van der Waals surface area contributed by atoms with Crippen molar-refractivity contribution in [2.24, 2.45) is 23.7 Å². The predicted molar refractivity (Wildman–Crippen MR) is 76.2 cm³/mol. The van der Waals surface area contributed by atoms with Crippen LogP contribution in [0.5, 0.6) is 5.75 Å². The fourth-order valence-corrected chi connectivity index (χ4v) is 3.87. The molecule has 0 unspecified atom stereocenters. The smallest absolute Gasteiger partial charge is 0.235 e. The molecule has 1 aromatic carbocycles. The van der Waals surface area contributed by atoms with E-state index < -0.39 is 0 Å². The second-order valence-corrected chi connectivity index (χ2v) is 5.99. The largest absolute Gasteiger partial charge is 0.508 e. The van der Waals surface area contributed by atoms with E-state index >= 15 is 0 Å². The molecule has 5 nitrogen and oxygen atoms in total. The first-order valence-corrected chi connectivity index (χ1v) is 7.21. The molecule has 2 amide bonds. The van der Waals surface area contributed by atoms with Gasteiger partial charge in [-0.05, 0) is 42.5 Å². The highest BCUT2D eigenvalue weighted by atomic mass is 16.3. The van der Waals surface area contributed by atoms with Crippen molar-refractivity contribution in [1.29, 1.82) is 0 Å². The third-order valence-corrected chi connectivity index (χ3v) is 4.87. The number of hydrogen-bond acceptors (Lipinski definition) is 4. The molecule has 4 rings (SSSR count). The second kappa shape index (κ2) is 4.35. The summed E-state index contributed by atoms with van der Waals surface area (Å²) in [6.45, 7) is 0.189. The Hall–Kier alpha value is -2.30. The Bertz CT molecular complexity index is 607. The van der Waals surface area contributed by atoms with E-state index in [0.29, 0.717) is 0 Å². The minimum absolute atomic E-state index is 0.0480. The van der Waals surface area contributed by atoms with E-state index in [-0.39, 0.29) is 47.9 Å². The predicted octanol–water partition coefficient (Wildman–Crippen LogP) is 1.57. The molecule has 0 radical (unpaired) electrons. The van der Waals surface area contributed by atoms with E-state index in [1.807, 2.05) is 0 Å². The van der Waals surface area contributed by atoms with Crippen LogP contribution < -0.4 is 5.32 Å². The summed E-state index contributed by atoms with van der Waals surface area (Å²) in [6.07, 6.45) is 5.13. The summed E-state index contributed by atoms with van der Waals surface area (Å²) in [5.74, 6) is 0.292.